The van der Waals surface area contributed by atoms with Gasteiger partial charge in [-0.15, -0.1) is 0 Å². The molecule has 1 aliphatic carbocycles. The quantitative estimate of drug-likeness (QED) is 0.386. The van der Waals surface area contributed by atoms with Crippen molar-refractivity contribution in [2.45, 2.75) is 31.7 Å². The number of rotatable bonds is 7. The topological polar surface area (TPSA) is 122 Å². The maximum Gasteiger partial charge on any atom is 0.354 e. The van der Waals surface area contributed by atoms with Gasteiger partial charge in [0.05, 0.1) is 4.92 Å². The Bertz CT molecular complexity index is 490. The van der Waals surface area contributed by atoms with Gasteiger partial charge in [0.2, 0.25) is 11.6 Å². The predicted molar refractivity (Wildman–Crippen MR) is 79.9 cm³/mol. The number of aromatic nitrogens is 2. The number of nitrogens with two attached hydrogens (primary N) is 1. The van der Waals surface area contributed by atoms with Crippen LogP contribution in [0.1, 0.15) is 25.7 Å². The molecule has 1 aromatic rings. The lowest BCUT2D eigenvalue weighted by Gasteiger charge is -2.23. The number of hydrogen-bond donors (Lipinski definition) is 3. The first kappa shape index (κ1) is 15.4. The van der Waals surface area contributed by atoms with Crippen LogP contribution >= 0.6 is 0 Å². The molecule has 0 bridgehead atoms. The van der Waals surface area contributed by atoms with Crippen LogP contribution in [0.25, 0.3) is 0 Å². The van der Waals surface area contributed by atoms with Gasteiger partial charge in [0.15, 0.2) is 0 Å². The molecule has 9 heteroatoms. The van der Waals surface area contributed by atoms with Crippen LogP contribution < -0.4 is 16.6 Å². The van der Waals surface area contributed by atoms with E-state index in [2.05, 4.69) is 32.7 Å². The highest BCUT2D eigenvalue weighted by molar-refractivity contribution is 5.68. The molecule has 116 valence electrons. The Kier molecular flexibility index (Phi) is 5.23. The first-order chi connectivity index (χ1) is 10.1. The molecule has 0 atom stereocenters. The maximum atomic E-state index is 11.1. The SMILES string of the molecule is CN(CCNc1ncnc(NN)c1[N+](=O)[O-])C1CCCC1. The van der Waals surface area contributed by atoms with E-state index in [0.717, 1.165) is 6.54 Å². The molecule has 2 rings (SSSR count). The van der Waals surface area contributed by atoms with Crippen LogP contribution in [0.15, 0.2) is 6.33 Å². The third kappa shape index (κ3) is 3.76. The highest BCUT2D eigenvalue weighted by Gasteiger charge is 2.23. The number of likely N-dealkylation sites (N-methyl/N-ethyl adjacent to an activating group) is 1. The Morgan fingerprint density at radius 2 is 2.10 bits per heavy atom. The summed E-state index contributed by atoms with van der Waals surface area (Å²) >= 11 is 0. The highest BCUT2D eigenvalue weighted by Crippen LogP contribution is 2.28. The van der Waals surface area contributed by atoms with Crippen LogP contribution in [0, 0.1) is 10.1 Å². The van der Waals surface area contributed by atoms with Crippen molar-refractivity contribution in [3.05, 3.63) is 16.4 Å². The molecule has 0 aliphatic heterocycles. The molecule has 1 heterocycles. The van der Waals surface area contributed by atoms with Gasteiger partial charge in [-0.05, 0) is 19.9 Å². The predicted octanol–water partition coefficient (Wildman–Crippen LogP) is 0.957. The molecule has 4 N–H and O–H groups in total. The summed E-state index contributed by atoms with van der Waals surface area (Å²) in [6.45, 7) is 1.38. The molecule has 1 aliphatic rings. The van der Waals surface area contributed by atoms with E-state index in [4.69, 9.17) is 5.84 Å². The van der Waals surface area contributed by atoms with Crippen LogP contribution in [0.2, 0.25) is 0 Å². The summed E-state index contributed by atoms with van der Waals surface area (Å²) < 4.78 is 0. The number of hydrazine groups is 1. The van der Waals surface area contributed by atoms with Crippen LogP contribution in [-0.2, 0) is 0 Å². The summed E-state index contributed by atoms with van der Waals surface area (Å²) in [5.74, 6) is 5.42. The molecule has 1 saturated carbocycles. The van der Waals surface area contributed by atoms with E-state index in [1.54, 1.807) is 0 Å². The summed E-state index contributed by atoms with van der Waals surface area (Å²) in [7, 11) is 2.08. The first-order valence-corrected chi connectivity index (χ1v) is 7.03. The Balaban J connectivity index is 1.95. The third-order valence-electron chi connectivity index (χ3n) is 3.85. The Labute approximate surface area is 123 Å². The molecule has 0 unspecified atom stereocenters. The summed E-state index contributed by atoms with van der Waals surface area (Å²) in [6, 6.07) is 0.619. The Morgan fingerprint density at radius 1 is 1.43 bits per heavy atom. The van der Waals surface area contributed by atoms with Crippen LogP contribution in [-0.4, -0.2) is 46.0 Å². The molecule has 1 fully saturated rings. The zero-order valence-corrected chi connectivity index (χ0v) is 12.1. The Hall–Kier alpha value is -2.00. The number of nitrogens with zero attached hydrogens (tertiary/aromatic N) is 4. The zero-order valence-electron chi connectivity index (χ0n) is 12.1. The number of nitrogens with one attached hydrogen (secondary N) is 2. The van der Waals surface area contributed by atoms with Crippen molar-refractivity contribution in [1.29, 1.82) is 0 Å². The van der Waals surface area contributed by atoms with E-state index in [9.17, 15) is 10.1 Å². The fraction of sp³-hybridized carbons (Fsp3) is 0.667. The second-order valence-corrected chi connectivity index (χ2v) is 5.17. The van der Waals surface area contributed by atoms with Gasteiger partial charge in [-0.3, -0.25) is 10.1 Å². The molecular formula is C12H21N7O2. The lowest BCUT2D eigenvalue weighted by Crippen LogP contribution is -2.33. The van der Waals surface area contributed by atoms with Crippen LogP contribution in [0.4, 0.5) is 17.3 Å². The normalized spacial score (nSPS) is 15.4. The minimum Gasteiger partial charge on any atom is -0.363 e. The van der Waals surface area contributed by atoms with E-state index in [1.807, 2.05) is 0 Å². The fourth-order valence-electron chi connectivity index (χ4n) is 2.66. The van der Waals surface area contributed by atoms with Gasteiger partial charge >= 0.3 is 5.69 Å². The summed E-state index contributed by atoms with van der Waals surface area (Å²) in [5.41, 5.74) is 1.99. The minimum absolute atomic E-state index is 0.00153. The molecule has 0 amide bonds. The first-order valence-electron chi connectivity index (χ1n) is 7.03. The van der Waals surface area contributed by atoms with Crippen LogP contribution in [0.5, 0.6) is 0 Å². The molecule has 0 radical (unpaired) electrons. The summed E-state index contributed by atoms with van der Waals surface area (Å²) in [6.07, 6.45) is 6.26. The van der Waals surface area contributed by atoms with E-state index >= 15 is 0 Å². The van der Waals surface area contributed by atoms with Gasteiger partial charge in [-0.1, -0.05) is 12.8 Å². The molecule has 21 heavy (non-hydrogen) atoms. The van der Waals surface area contributed by atoms with Gasteiger partial charge in [0, 0.05) is 19.1 Å². The van der Waals surface area contributed by atoms with Crippen molar-refractivity contribution in [2.75, 3.05) is 30.9 Å². The summed E-state index contributed by atoms with van der Waals surface area (Å²) in [4.78, 5) is 20.5. The van der Waals surface area contributed by atoms with Crippen molar-refractivity contribution in [1.82, 2.24) is 14.9 Å². The van der Waals surface area contributed by atoms with E-state index in [1.165, 1.54) is 32.0 Å². The van der Waals surface area contributed by atoms with Gasteiger partial charge in [-0.2, -0.15) is 0 Å². The minimum atomic E-state index is -0.543. The van der Waals surface area contributed by atoms with Gasteiger partial charge in [0.25, 0.3) is 0 Å². The average molecular weight is 295 g/mol. The largest absolute Gasteiger partial charge is 0.363 e. The van der Waals surface area contributed by atoms with Gasteiger partial charge in [0.1, 0.15) is 6.33 Å². The smallest absolute Gasteiger partial charge is 0.354 e. The molecule has 0 saturated heterocycles. The van der Waals surface area contributed by atoms with Gasteiger partial charge in [-0.25, -0.2) is 15.8 Å². The number of hydrogen-bond acceptors (Lipinski definition) is 8. The van der Waals surface area contributed by atoms with E-state index < -0.39 is 4.92 Å². The molecule has 0 spiro atoms. The Morgan fingerprint density at radius 3 is 2.71 bits per heavy atom. The van der Waals surface area contributed by atoms with Crippen molar-refractivity contribution in [2.24, 2.45) is 5.84 Å². The van der Waals surface area contributed by atoms with E-state index in [0.29, 0.717) is 12.6 Å². The molecular weight excluding hydrogens is 274 g/mol. The van der Waals surface area contributed by atoms with E-state index in [-0.39, 0.29) is 17.3 Å². The lowest BCUT2D eigenvalue weighted by atomic mass is 10.2. The van der Waals surface area contributed by atoms with Gasteiger partial charge < -0.3 is 15.6 Å². The standard InChI is InChI=1S/C12H21N7O2/c1-18(9-4-2-3-5-9)7-6-14-11-10(19(20)21)12(17-13)16-8-15-11/h8-9H,2-7,13H2,1H3,(H2,14,15,16,17). The molecule has 0 aromatic carbocycles. The number of nitro groups is 1. The lowest BCUT2D eigenvalue weighted by molar-refractivity contribution is -0.383. The number of anilines is 2. The second kappa shape index (κ2) is 7.14. The van der Waals surface area contributed by atoms with Crippen molar-refractivity contribution in [3.8, 4) is 0 Å². The number of nitrogen functional groups attached to an aromatic ring is 1. The second-order valence-electron chi connectivity index (χ2n) is 5.17. The zero-order chi connectivity index (χ0) is 15.2. The van der Waals surface area contributed by atoms with Crippen LogP contribution in [0.3, 0.4) is 0 Å². The molecule has 1 aromatic heterocycles. The summed E-state index contributed by atoms with van der Waals surface area (Å²) in [5, 5.41) is 14.1. The average Bonchev–Trinajstić information content (AvgIpc) is 3.00. The fourth-order valence-corrected chi connectivity index (χ4v) is 2.66. The van der Waals surface area contributed by atoms with Crippen molar-refractivity contribution < 1.29 is 4.92 Å². The monoisotopic (exact) mass is 295 g/mol. The maximum absolute atomic E-state index is 11.1. The highest BCUT2D eigenvalue weighted by atomic mass is 16.6. The van der Waals surface area contributed by atoms with Crippen molar-refractivity contribution in [3.63, 3.8) is 0 Å². The van der Waals surface area contributed by atoms with Crippen molar-refractivity contribution >= 4 is 17.3 Å². The molecule has 9 nitrogen and oxygen atoms in total. The third-order valence-corrected chi connectivity index (χ3v) is 3.85.